The van der Waals surface area contributed by atoms with Crippen LogP contribution in [0.15, 0.2) is 60.7 Å². The molecule has 0 spiro atoms. The molecule has 3 aromatic rings. The first kappa shape index (κ1) is 21.8. The molecule has 164 valence electrons. The fourth-order valence-electron chi connectivity index (χ4n) is 4.04. The molecule has 1 saturated heterocycles. The van der Waals surface area contributed by atoms with E-state index in [1.807, 2.05) is 42.3 Å². The zero-order valence-corrected chi connectivity index (χ0v) is 18.4. The summed E-state index contributed by atoms with van der Waals surface area (Å²) in [5.74, 6) is 0.396. The van der Waals surface area contributed by atoms with Crippen molar-refractivity contribution in [2.24, 2.45) is 0 Å². The van der Waals surface area contributed by atoms with Gasteiger partial charge < -0.3 is 15.0 Å². The molecule has 0 amide bonds. The van der Waals surface area contributed by atoms with Crippen LogP contribution in [0.5, 0.6) is 5.75 Å². The number of nitrogens with one attached hydrogen (secondary N) is 2. The number of ether oxygens (including phenoxy) is 1. The first-order valence-corrected chi connectivity index (χ1v) is 10.9. The summed E-state index contributed by atoms with van der Waals surface area (Å²) in [6, 6.07) is 20.4. The van der Waals surface area contributed by atoms with Gasteiger partial charge in [-0.15, -0.1) is 11.3 Å². The summed E-state index contributed by atoms with van der Waals surface area (Å²) < 4.78 is 29.5. The lowest BCUT2D eigenvalue weighted by molar-refractivity contribution is -0.0498. The first-order chi connectivity index (χ1) is 15.3. The van der Waals surface area contributed by atoms with E-state index in [0.29, 0.717) is 18.1 Å². The van der Waals surface area contributed by atoms with Crippen LogP contribution in [0.3, 0.4) is 0 Å². The molecule has 5 nitrogen and oxygen atoms in total. The quantitative estimate of drug-likeness (QED) is 0.547. The van der Waals surface area contributed by atoms with Crippen LogP contribution in [0.25, 0.3) is 10.4 Å². The number of likely N-dealkylation sites (N-methyl/N-ethyl adjacent to an activating group) is 1. The summed E-state index contributed by atoms with van der Waals surface area (Å²) in [7, 11) is 1.85. The van der Waals surface area contributed by atoms with Crippen LogP contribution in [-0.4, -0.2) is 31.1 Å². The molecule has 1 fully saturated rings. The number of guanidine groups is 1. The largest absolute Gasteiger partial charge is 0.435 e. The molecule has 1 aliphatic heterocycles. The number of hydrogen-bond donors (Lipinski definition) is 2. The highest BCUT2D eigenvalue weighted by Crippen LogP contribution is 2.44. The van der Waals surface area contributed by atoms with Crippen LogP contribution < -0.4 is 10.1 Å². The number of benzene rings is 2. The second-order valence-corrected chi connectivity index (χ2v) is 9.00. The third-order valence-electron chi connectivity index (χ3n) is 5.81. The number of nitriles is 1. The van der Waals surface area contributed by atoms with Crippen molar-refractivity contribution >= 4 is 17.3 Å². The molecule has 2 heterocycles. The SMILES string of the molecule is CN1CC(c2ccc(OC(F)F)cc2)[C@@](C)(c2ccc(-c3cccc(C#N)c3)s2)NC1=N. The molecule has 1 aromatic heterocycles. The molecule has 4 rings (SSSR count). The van der Waals surface area contributed by atoms with E-state index in [0.717, 1.165) is 20.9 Å². The van der Waals surface area contributed by atoms with Gasteiger partial charge in [-0.2, -0.15) is 14.0 Å². The summed E-state index contributed by atoms with van der Waals surface area (Å²) in [6.45, 7) is -0.211. The Morgan fingerprint density at radius 3 is 2.66 bits per heavy atom. The van der Waals surface area contributed by atoms with Crippen LogP contribution >= 0.6 is 11.3 Å². The smallest absolute Gasteiger partial charge is 0.387 e. The summed E-state index contributed by atoms with van der Waals surface area (Å²) >= 11 is 1.61. The van der Waals surface area contributed by atoms with Gasteiger partial charge in [0, 0.05) is 29.3 Å². The average Bonchev–Trinajstić information content (AvgIpc) is 3.28. The van der Waals surface area contributed by atoms with Crippen LogP contribution in [0.4, 0.5) is 8.78 Å². The zero-order valence-electron chi connectivity index (χ0n) is 17.6. The molecule has 8 heteroatoms. The van der Waals surface area contributed by atoms with Crippen molar-refractivity contribution in [2.45, 2.75) is 25.0 Å². The Hall–Kier alpha value is -3.44. The Kier molecular flexibility index (Phi) is 5.85. The van der Waals surface area contributed by atoms with Gasteiger partial charge in [0.2, 0.25) is 0 Å². The van der Waals surface area contributed by atoms with Gasteiger partial charge in [0.15, 0.2) is 5.96 Å². The predicted molar refractivity (Wildman–Crippen MR) is 121 cm³/mol. The van der Waals surface area contributed by atoms with Gasteiger partial charge in [-0.25, -0.2) is 0 Å². The molecule has 0 bridgehead atoms. The van der Waals surface area contributed by atoms with Gasteiger partial charge in [-0.05, 0) is 54.4 Å². The standard InChI is InChI=1S/C24H22F2N4OS/c1-24(21-11-10-20(32-21)17-5-3-4-15(12-17)13-27)19(14-30(2)23(28)29-24)16-6-8-18(9-7-16)31-22(25)26/h3-12,19,22H,14H2,1-2H3,(H2,28,29)/t19?,24-/m0/s1. The minimum atomic E-state index is -2.86. The molecule has 2 N–H and O–H groups in total. The molecular formula is C24H22F2N4OS. The Morgan fingerprint density at radius 1 is 1.22 bits per heavy atom. The second-order valence-electron chi connectivity index (χ2n) is 7.91. The van der Waals surface area contributed by atoms with Crippen molar-refractivity contribution in [1.82, 2.24) is 10.2 Å². The minimum Gasteiger partial charge on any atom is -0.435 e. The molecule has 2 aromatic carbocycles. The first-order valence-electron chi connectivity index (χ1n) is 10.0. The highest BCUT2D eigenvalue weighted by Gasteiger charge is 2.43. The average molecular weight is 453 g/mol. The van der Waals surface area contributed by atoms with E-state index < -0.39 is 12.2 Å². The van der Waals surface area contributed by atoms with Crippen LogP contribution in [0.1, 0.15) is 28.8 Å². The Labute approximate surface area is 189 Å². The summed E-state index contributed by atoms with van der Waals surface area (Å²) in [4.78, 5) is 3.91. The van der Waals surface area contributed by atoms with Gasteiger partial charge in [-0.1, -0.05) is 24.3 Å². The monoisotopic (exact) mass is 452 g/mol. The number of nitrogens with zero attached hydrogens (tertiary/aromatic N) is 2. The van der Waals surface area contributed by atoms with E-state index >= 15 is 0 Å². The lowest BCUT2D eigenvalue weighted by atomic mass is 9.77. The minimum absolute atomic E-state index is 0.0425. The Bertz CT molecular complexity index is 1170. The van der Waals surface area contributed by atoms with Crippen molar-refractivity contribution in [3.63, 3.8) is 0 Å². The van der Waals surface area contributed by atoms with Crippen molar-refractivity contribution in [1.29, 1.82) is 10.7 Å². The maximum absolute atomic E-state index is 12.5. The van der Waals surface area contributed by atoms with Crippen LogP contribution in [0, 0.1) is 16.7 Å². The lowest BCUT2D eigenvalue weighted by Crippen LogP contribution is -2.59. The molecule has 1 unspecified atom stereocenters. The maximum Gasteiger partial charge on any atom is 0.387 e. The van der Waals surface area contributed by atoms with Crippen molar-refractivity contribution in [2.75, 3.05) is 13.6 Å². The summed E-state index contributed by atoms with van der Waals surface area (Å²) in [5, 5.41) is 20.9. The van der Waals surface area contributed by atoms with E-state index in [1.165, 1.54) is 0 Å². The molecule has 32 heavy (non-hydrogen) atoms. The fourth-order valence-corrected chi connectivity index (χ4v) is 5.20. The van der Waals surface area contributed by atoms with E-state index in [4.69, 9.17) is 5.41 Å². The number of rotatable bonds is 5. The third-order valence-corrected chi connectivity index (χ3v) is 7.19. The topological polar surface area (TPSA) is 72.1 Å². The van der Waals surface area contributed by atoms with E-state index in [-0.39, 0.29) is 11.7 Å². The highest BCUT2D eigenvalue weighted by molar-refractivity contribution is 7.15. The molecule has 2 atom stereocenters. The molecule has 1 aliphatic rings. The number of thiophene rings is 1. The Balaban J connectivity index is 1.70. The van der Waals surface area contributed by atoms with Crippen LogP contribution in [-0.2, 0) is 5.54 Å². The zero-order chi connectivity index (χ0) is 22.9. The van der Waals surface area contributed by atoms with Crippen LogP contribution in [0.2, 0.25) is 0 Å². The number of alkyl halides is 2. The van der Waals surface area contributed by atoms with Gasteiger partial charge in [0.25, 0.3) is 0 Å². The molecule has 0 saturated carbocycles. The summed E-state index contributed by atoms with van der Waals surface area (Å²) in [5.41, 5.74) is 1.95. The second kappa shape index (κ2) is 8.60. The van der Waals surface area contributed by atoms with Gasteiger partial charge in [-0.3, -0.25) is 5.41 Å². The predicted octanol–water partition coefficient (Wildman–Crippen LogP) is 5.36. The molecular weight excluding hydrogens is 430 g/mol. The number of hydrogen-bond acceptors (Lipinski definition) is 4. The van der Waals surface area contributed by atoms with E-state index in [9.17, 15) is 14.0 Å². The van der Waals surface area contributed by atoms with Crippen molar-refractivity contribution in [3.8, 4) is 22.3 Å². The van der Waals surface area contributed by atoms with Gasteiger partial charge in [0.05, 0.1) is 17.2 Å². The van der Waals surface area contributed by atoms with Crippen molar-refractivity contribution < 1.29 is 13.5 Å². The summed E-state index contributed by atoms with van der Waals surface area (Å²) in [6.07, 6.45) is 0. The molecule has 0 radical (unpaired) electrons. The van der Waals surface area contributed by atoms with E-state index in [1.54, 1.807) is 41.7 Å². The normalized spacial score (nSPS) is 20.7. The molecule has 0 aliphatic carbocycles. The van der Waals surface area contributed by atoms with Gasteiger partial charge >= 0.3 is 6.61 Å². The van der Waals surface area contributed by atoms with E-state index in [2.05, 4.69) is 23.0 Å². The highest BCUT2D eigenvalue weighted by atomic mass is 32.1. The maximum atomic E-state index is 12.5. The Morgan fingerprint density at radius 2 is 1.97 bits per heavy atom. The van der Waals surface area contributed by atoms with Gasteiger partial charge in [0.1, 0.15) is 5.75 Å². The van der Waals surface area contributed by atoms with Crippen molar-refractivity contribution in [3.05, 3.63) is 76.7 Å². The number of halogens is 2. The fraction of sp³-hybridized carbons (Fsp3) is 0.250. The lowest BCUT2D eigenvalue weighted by Gasteiger charge is -2.46. The third kappa shape index (κ3) is 4.16.